The first-order valence-electron chi connectivity index (χ1n) is 8.30. The first-order chi connectivity index (χ1) is 10.2. The lowest BCUT2D eigenvalue weighted by Crippen LogP contribution is -2.38. The van der Waals surface area contributed by atoms with Crippen LogP contribution in [-0.2, 0) is 0 Å². The molecule has 1 saturated carbocycles. The number of hydrogen-bond acceptors (Lipinski definition) is 2. The molecular formula is C19H27NO. The third kappa shape index (κ3) is 2.87. The Morgan fingerprint density at radius 3 is 2.67 bits per heavy atom. The Balaban J connectivity index is 1.71. The predicted octanol–water partition coefficient (Wildman–Crippen LogP) is 4.34. The summed E-state index contributed by atoms with van der Waals surface area (Å²) < 4.78 is 5.53. The molecular weight excluding hydrogens is 258 g/mol. The second-order valence-electron chi connectivity index (χ2n) is 6.60. The predicted molar refractivity (Wildman–Crippen MR) is 87.5 cm³/mol. The van der Waals surface area contributed by atoms with Gasteiger partial charge in [-0.25, -0.2) is 0 Å². The minimum atomic E-state index is 0.374. The van der Waals surface area contributed by atoms with E-state index in [0.29, 0.717) is 12.1 Å². The van der Waals surface area contributed by atoms with Crippen LogP contribution in [0.2, 0.25) is 0 Å². The van der Waals surface area contributed by atoms with Crippen molar-refractivity contribution in [1.82, 2.24) is 5.32 Å². The zero-order chi connectivity index (χ0) is 14.8. The van der Waals surface area contributed by atoms with E-state index in [1.54, 1.807) is 7.11 Å². The Hall–Kier alpha value is -1.28. The second-order valence-corrected chi connectivity index (χ2v) is 6.60. The van der Waals surface area contributed by atoms with Crippen molar-refractivity contribution >= 4 is 0 Å². The van der Waals surface area contributed by atoms with Crippen LogP contribution in [0.4, 0.5) is 0 Å². The first kappa shape index (κ1) is 14.6. The smallest absolute Gasteiger partial charge is 0.123 e. The summed E-state index contributed by atoms with van der Waals surface area (Å²) in [5, 5.41) is 3.87. The SMILES string of the molecule is CCC(NC(C)C1CC2C=CC1C2)c1ccccc1OC. The van der Waals surface area contributed by atoms with Gasteiger partial charge in [-0.05, 0) is 50.0 Å². The molecule has 0 aromatic heterocycles. The molecule has 0 saturated heterocycles. The van der Waals surface area contributed by atoms with Crippen LogP contribution in [0, 0.1) is 17.8 Å². The number of methoxy groups -OCH3 is 1. The standard InChI is InChI=1S/C19H27NO/c1-4-18(16-7-5-6-8-19(16)21-3)20-13(2)17-12-14-9-10-15(17)11-14/h5-10,13-15,17-18,20H,4,11-12H2,1-3H3. The van der Waals surface area contributed by atoms with Crippen LogP contribution in [0.15, 0.2) is 36.4 Å². The zero-order valence-electron chi connectivity index (χ0n) is 13.4. The molecule has 21 heavy (non-hydrogen) atoms. The Morgan fingerprint density at radius 2 is 2.05 bits per heavy atom. The van der Waals surface area contributed by atoms with Crippen molar-refractivity contribution in [3.8, 4) is 5.75 Å². The average molecular weight is 285 g/mol. The van der Waals surface area contributed by atoms with E-state index in [0.717, 1.165) is 29.9 Å². The van der Waals surface area contributed by atoms with Gasteiger partial charge in [0.15, 0.2) is 0 Å². The van der Waals surface area contributed by atoms with Gasteiger partial charge in [0.05, 0.1) is 7.11 Å². The third-order valence-corrected chi connectivity index (χ3v) is 5.36. The number of para-hydroxylation sites is 1. The molecule has 2 heteroatoms. The first-order valence-corrected chi connectivity index (χ1v) is 8.30. The summed E-state index contributed by atoms with van der Waals surface area (Å²) in [6, 6.07) is 9.32. The van der Waals surface area contributed by atoms with Gasteiger partial charge in [-0.1, -0.05) is 37.3 Å². The van der Waals surface area contributed by atoms with Crippen molar-refractivity contribution in [2.24, 2.45) is 17.8 Å². The molecule has 5 atom stereocenters. The number of nitrogens with one attached hydrogen (secondary N) is 1. The Bertz CT molecular complexity index is 510. The van der Waals surface area contributed by atoms with E-state index in [-0.39, 0.29) is 0 Å². The van der Waals surface area contributed by atoms with E-state index in [4.69, 9.17) is 4.74 Å². The normalized spacial score (nSPS) is 29.6. The van der Waals surface area contributed by atoms with Gasteiger partial charge in [-0.3, -0.25) is 0 Å². The summed E-state index contributed by atoms with van der Waals surface area (Å²) in [5.74, 6) is 3.43. The molecule has 0 aliphatic heterocycles. The van der Waals surface area contributed by atoms with Crippen LogP contribution in [-0.4, -0.2) is 13.2 Å². The van der Waals surface area contributed by atoms with Crippen LogP contribution in [0.25, 0.3) is 0 Å². The molecule has 1 N–H and O–H groups in total. The fourth-order valence-corrected chi connectivity index (χ4v) is 4.22. The minimum absolute atomic E-state index is 0.374. The summed E-state index contributed by atoms with van der Waals surface area (Å²) in [4.78, 5) is 0. The third-order valence-electron chi connectivity index (χ3n) is 5.36. The Morgan fingerprint density at radius 1 is 1.24 bits per heavy atom. The highest BCUT2D eigenvalue weighted by atomic mass is 16.5. The van der Waals surface area contributed by atoms with Gasteiger partial charge in [-0.15, -0.1) is 0 Å². The van der Waals surface area contributed by atoms with Gasteiger partial charge >= 0.3 is 0 Å². The topological polar surface area (TPSA) is 21.3 Å². The molecule has 2 nitrogen and oxygen atoms in total. The van der Waals surface area contributed by atoms with Gasteiger partial charge in [-0.2, -0.15) is 0 Å². The molecule has 2 aliphatic carbocycles. The molecule has 2 bridgehead atoms. The maximum Gasteiger partial charge on any atom is 0.123 e. The largest absolute Gasteiger partial charge is 0.496 e. The van der Waals surface area contributed by atoms with Gasteiger partial charge in [0.25, 0.3) is 0 Å². The molecule has 1 aromatic rings. The maximum atomic E-state index is 5.53. The number of benzene rings is 1. The summed E-state index contributed by atoms with van der Waals surface area (Å²) in [6.45, 7) is 4.61. The number of rotatable bonds is 6. The van der Waals surface area contributed by atoms with Gasteiger partial charge in [0.2, 0.25) is 0 Å². The number of fused-ring (bicyclic) bond motifs is 2. The van der Waals surface area contributed by atoms with Crippen LogP contribution in [0.5, 0.6) is 5.75 Å². The van der Waals surface area contributed by atoms with Crippen LogP contribution in [0.3, 0.4) is 0 Å². The average Bonchev–Trinajstić information content (AvgIpc) is 3.15. The molecule has 3 rings (SSSR count). The number of hydrogen-bond donors (Lipinski definition) is 1. The molecule has 0 spiro atoms. The lowest BCUT2D eigenvalue weighted by molar-refractivity contribution is 0.294. The van der Waals surface area contributed by atoms with E-state index < -0.39 is 0 Å². The van der Waals surface area contributed by atoms with E-state index in [1.165, 1.54) is 18.4 Å². The summed E-state index contributed by atoms with van der Waals surface area (Å²) >= 11 is 0. The molecule has 0 radical (unpaired) electrons. The fraction of sp³-hybridized carbons (Fsp3) is 0.579. The maximum absolute atomic E-state index is 5.53. The molecule has 5 unspecified atom stereocenters. The molecule has 1 aromatic carbocycles. The lowest BCUT2D eigenvalue weighted by atomic mass is 9.86. The minimum Gasteiger partial charge on any atom is -0.496 e. The van der Waals surface area contributed by atoms with Gasteiger partial charge in [0, 0.05) is 17.6 Å². The highest BCUT2D eigenvalue weighted by Crippen LogP contribution is 2.45. The van der Waals surface area contributed by atoms with Crippen LogP contribution in [0.1, 0.15) is 44.7 Å². The quantitative estimate of drug-likeness (QED) is 0.785. The Labute approximate surface area is 128 Å². The highest BCUT2D eigenvalue weighted by molar-refractivity contribution is 5.36. The van der Waals surface area contributed by atoms with E-state index in [1.807, 2.05) is 6.07 Å². The number of allylic oxidation sites excluding steroid dienone is 2. The van der Waals surface area contributed by atoms with Gasteiger partial charge < -0.3 is 10.1 Å². The van der Waals surface area contributed by atoms with Gasteiger partial charge in [0.1, 0.15) is 5.75 Å². The van der Waals surface area contributed by atoms with Crippen LogP contribution < -0.4 is 10.1 Å². The van der Waals surface area contributed by atoms with Crippen molar-refractivity contribution in [1.29, 1.82) is 0 Å². The second kappa shape index (κ2) is 6.23. The molecule has 114 valence electrons. The number of ether oxygens (including phenoxy) is 1. The van der Waals surface area contributed by atoms with E-state index >= 15 is 0 Å². The molecule has 0 heterocycles. The van der Waals surface area contributed by atoms with Crippen molar-refractivity contribution < 1.29 is 4.74 Å². The van der Waals surface area contributed by atoms with E-state index in [9.17, 15) is 0 Å². The highest BCUT2D eigenvalue weighted by Gasteiger charge is 2.38. The van der Waals surface area contributed by atoms with E-state index in [2.05, 4.69) is 49.5 Å². The van der Waals surface area contributed by atoms with Crippen molar-refractivity contribution in [2.45, 2.75) is 45.2 Å². The zero-order valence-corrected chi connectivity index (χ0v) is 13.4. The van der Waals surface area contributed by atoms with Crippen molar-refractivity contribution in [3.63, 3.8) is 0 Å². The van der Waals surface area contributed by atoms with Crippen molar-refractivity contribution in [2.75, 3.05) is 7.11 Å². The summed E-state index contributed by atoms with van der Waals surface area (Å²) in [5.41, 5.74) is 1.29. The molecule has 2 aliphatic rings. The summed E-state index contributed by atoms with van der Waals surface area (Å²) in [7, 11) is 1.76. The fourth-order valence-electron chi connectivity index (χ4n) is 4.22. The lowest BCUT2D eigenvalue weighted by Gasteiger charge is -2.31. The Kier molecular flexibility index (Phi) is 4.34. The molecule has 1 fully saturated rings. The monoisotopic (exact) mass is 285 g/mol. The van der Waals surface area contributed by atoms with Crippen molar-refractivity contribution in [3.05, 3.63) is 42.0 Å². The van der Waals surface area contributed by atoms with Crippen LogP contribution >= 0.6 is 0 Å². The summed E-state index contributed by atoms with van der Waals surface area (Å²) in [6.07, 6.45) is 8.69. The molecule has 0 amide bonds.